The van der Waals surface area contributed by atoms with Crippen LogP contribution in [0.15, 0.2) is 30.5 Å². The molecule has 2 amide bonds. The van der Waals surface area contributed by atoms with Gasteiger partial charge in [-0.05, 0) is 32.0 Å². The zero-order valence-electron chi connectivity index (χ0n) is 15.2. The Bertz CT molecular complexity index is 989. The summed E-state index contributed by atoms with van der Waals surface area (Å²) in [4.78, 5) is 14.6. The van der Waals surface area contributed by atoms with Crippen molar-refractivity contribution in [3.8, 4) is 0 Å². The number of nitrogens with zero attached hydrogens (tertiary/aromatic N) is 4. The van der Waals surface area contributed by atoms with Gasteiger partial charge < -0.3 is 14.8 Å². The van der Waals surface area contributed by atoms with Gasteiger partial charge in [0, 0.05) is 53.0 Å². The maximum absolute atomic E-state index is 12.7. The van der Waals surface area contributed by atoms with Crippen molar-refractivity contribution in [2.45, 2.75) is 33.0 Å². The first-order valence-corrected chi connectivity index (χ1v) is 9.13. The van der Waals surface area contributed by atoms with Crippen molar-refractivity contribution in [1.82, 2.24) is 24.6 Å². The van der Waals surface area contributed by atoms with Crippen LogP contribution in [-0.4, -0.2) is 31.8 Å². The summed E-state index contributed by atoms with van der Waals surface area (Å²) in [5, 5.41) is 9.25. The average Bonchev–Trinajstić information content (AvgIpc) is 3.14. The molecule has 1 aliphatic heterocycles. The molecule has 0 spiro atoms. The van der Waals surface area contributed by atoms with E-state index >= 15 is 0 Å². The zero-order valence-corrected chi connectivity index (χ0v) is 15.9. The Morgan fingerprint density at radius 2 is 2.12 bits per heavy atom. The van der Waals surface area contributed by atoms with Gasteiger partial charge in [-0.3, -0.25) is 4.68 Å². The predicted molar refractivity (Wildman–Crippen MR) is 102 cm³/mol. The highest BCUT2D eigenvalue weighted by Gasteiger charge is 2.24. The number of carbonyl (C=O) groups is 1. The summed E-state index contributed by atoms with van der Waals surface area (Å²) in [6.45, 7) is 6.04. The predicted octanol–water partition coefficient (Wildman–Crippen LogP) is 3.62. The SMILES string of the molecule is Cc1c(C(C)NC(=O)N2CCn3c(cc4ccc(Cl)cc43)C2)cnn1C. The number of aromatic nitrogens is 3. The number of nitrogens with one attached hydrogen (secondary N) is 1. The van der Waals surface area contributed by atoms with Gasteiger partial charge in [0.05, 0.1) is 18.8 Å². The highest BCUT2D eigenvalue weighted by Crippen LogP contribution is 2.27. The second-order valence-electron chi connectivity index (χ2n) is 6.89. The maximum atomic E-state index is 12.7. The number of hydrogen-bond donors (Lipinski definition) is 1. The highest BCUT2D eigenvalue weighted by molar-refractivity contribution is 6.31. The quantitative estimate of drug-likeness (QED) is 0.748. The van der Waals surface area contributed by atoms with Crippen molar-refractivity contribution in [2.75, 3.05) is 6.54 Å². The van der Waals surface area contributed by atoms with E-state index in [1.807, 2.05) is 54.9 Å². The molecule has 1 aromatic carbocycles. The van der Waals surface area contributed by atoms with Gasteiger partial charge in [-0.15, -0.1) is 0 Å². The van der Waals surface area contributed by atoms with E-state index in [0.717, 1.165) is 39.4 Å². The van der Waals surface area contributed by atoms with Crippen molar-refractivity contribution in [2.24, 2.45) is 7.05 Å². The number of aryl methyl sites for hydroxylation is 1. The summed E-state index contributed by atoms with van der Waals surface area (Å²) in [5.74, 6) is 0. The lowest BCUT2D eigenvalue weighted by atomic mass is 10.1. The lowest BCUT2D eigenvalue weighted by Crippen LogP contribution is -2.44. The molecule has 0 radical (unpaired) electrons. The Morgan fingerprint density at radius 1 is 1.31 bits per heavy atom. The van der Waals surface area contributed by atoms with E-state index < -0.39 is 0 Å². The second-order valence-corrected chi connectivity index (χ2v) is 7.33. The van der Waals surface area contributed by atoms with Gasteiger partial charge in [-0.1, -0.05) is 17.7 Å². The third kappa shape index (κ3) is 2.84. The van der Waals surface area contributed by atoms with E-state index in [1.54, 1.807) is 0 Å². The van der Waals surface area contributed by atoms with Crippen LogP contribution in [0.5, 0.6) is 0 Å². The fourth-order valence-electron chi connectivity index (χ4n) is 3.64. The minimum absolute atomic E-state index is 0.0460. The molecule has 6 nitrogen and oxygen atoms in total. The van der Waals surface area contributed by atoms with Gasteiger partial charge in [0.15, 0.2) is 0 Å². The fraction of sp³-hybridized carbons (Fsp3) is 0.368. The Hall–Kier alpha value is -2.47. The van der Waals surface area contributed by atoms with Gasteiger partial charge in [-0.25, -0.2) is 4.79 Å². The monoisotopic (exact) mass is 371 g/mol. The second kappa shape index (κ2) is 6.36. The molecule has 3 heterocycles. The van der Waals surface area contributed by atoms with E-state index in [9.17, 15) is 4.79 Å². The van der Waals surface area contributed by atoms with Gasteiger partial charge in [0.1, 0.15) is 0 Å². The van der Waals surface area contributed by atoms with Gasteiger partial charge in [-0.2, -0.15) is 5.10 Å². The maximum Gasteiger partial charge on any atom is 0.318 e. The molecule has 0 aliphatic carbocycles. The van der Waals surface area contributed by atoms with E-state index in [1.165, 1.54) is 0 Å². The van der Waals surface area contributed by atoms with Crippen LogP contribution < -0.4 is 5.32 Å². The summed E-state index contributed by atoms with van der Waals surface area (Å²) in [7, 11) is 1.91. The van der Waals surface area contributed by atoms with Crippen LogP contribution in [0.3, 0.4) is 0 Å². The summed E-state index contributed by atoms with van der Waals surface area (Å²) in [5.41, 5.74) is 4.37. The minimum atomic E-state index is -0.0807. The molecule has 2 aromatic heterocycles. The van der Waals surface area contributed by atoms with Crippen molar-refractivity contribution >= 4 is 28.5 Å². The van der Waals surface area contributed by atoms with Crippen LogP contribution in [0.25, 0.3) is 10.9 Å². The molecule has 3 aromatic rings. The Kier molecular flexibility index (Phi) is 4.15. The normalized spacial score (nSPS) is 15.2. The van der Waals surface area contributed by atoms with Crippen molar-refractivity contribution in [3.63, 3.8) is 0 Å². The van der Waals surface area contributed by atoms with Crippen LogP contribution in [0.2, 0.25) is 5.02 Å². The summed E-state index contributed by atoms with van der Waals surface area (Å²) in [6.07, 6.45) is 1.82. The third-order valence-corrected chi connectivity index (χ3v) is 5.50. The Labute approximate surface area is 157 Å². The van der Waals surface area contributed by atoms with Gasteiger partial charge in [0.2, 0.25) is 0 Å². The van der Waals surface area contributed by atoms with E-state index in [-0.39, 0.29) is 12.1 Å². The molecule has 0 fully saturated rings. The molecule has 4 rings (SSSR count). The number of fused-ring (bicyclic) bond motifs is 3. The van der Waals surface area contributed by atoms with Crippen LogP contribution in [0.1, 0.15) is 29.9 Å². The molecule has 1 unspecified atom stereocenters. The fourth-order valence-corrected chi connectivity index (χ4v) is 3.81. The highest BCUT2D eigenvalue weighted by atomic mass is 35.5. The molecule has 136 valence electrons. The lowest BCUT2D eigenvalue weighted by Gasteiger charge is -2.30. The van der Waals surface area contributed by atoms with Crippen LogP contribution in [-0.2, 0) is 20.1 Å². The van der Waals surface area contributed by atoms with E-state index in [0.29, 0.717) is 13.1 Å². The van der Waals surface area contributed by atoms with Gasteiger partial charge in [0.25, 0.3) is 0 Å². The molecule has 0 saturated heterocycles. The Morgan fingerprint density at radius 3 is 2.85 bits per heavy atom. The minimum Gasteiger partial charge on any atom is -0.341 e. The molecule has 1 atom stereocenters. The number of urea groups is 1. The molecular formula is C19H22ClN5O. The third-order valence-electron chi connectivity index (χ3n) is 5.27. The van der Waals surface area contributed by atoms with E-state index in [2.05, 4.69) is 21.0 Å². The van der Waals surface area contributed by atoms with Gasteiger partial charge >= 0.3 is 6.03 Å². The first kappa shape index (κ1) is 17.0. The van der Waals surface area contributed by atoms with Crippen LogP contribution in [0, 0.1) is 6.92 Å². The first-order valence-electron chi connectivity index (χ1n) is 8.75. The molecule has 26 heavy (non-hydrogen) atoms. The number of hydrogen-bond acceptors (Lipinski definition) is 2. The van der Waals surface area contributed by atoms with E-state index in [4.69, 9.17) is 11.6 Å². The number of halogens is 1. The smallest absolute Gasteiger partial charge is 0.318 e. The lowest BCUT2D eigenvalue weighted by molar-refractivity contribution is 0.181. The van der Waals surface area contributed by atoms with Crippen molar-refractivity contribution in [1.29, 1.82) is 0 Å². The number of amides is 2. The largest absolute Gasteiger partial charge is 0.341 e. The topological polar surface area (TPSA) is 55.1 Å². The molecule has 1 N–H and O–H groups in total. The molecular weight excluding hydrogens is 350 g/mol. The average molecular weight is 372 g/mol. The first-order chi connectivity index (χ1) is 12.4. The van der Waals surface area contributed by atoms with Crippen molar-refractivity contribution < 1.29 is 4.79 Å². The van der Waals surface area contributed by atoms with Crippen LogP contribution in [0.4, 0.5) is 4.79 Å². The summed E-state index contributed by atoms with van der Waals surface area (Å²) >= 11 is 6.13. The van der Waals surface area contributed by atoms with Crippen molar-refractivity contribution in [3.05, 3.63) is 52.4 Å². The van der Waals surface area contributed by atoms with Crippen LogP contribution >= 0.6 is 11.6 Å². The molecule has 0 bridgehead atoms. The molecule has 7 heteroatoms. The molecule has 0 saturated carbocycles. The summed E-state index contributed by atoms with van der Waals surface area (Å²) in [6, 6.07) is 7.93. The Balaban J connectivity index is 1.50. The standard InChI is InChI=1S/C19H22ClN5O/c1-12(17-10-21-23(3)13(17)2)22-19(26)24-6-7-25-16(11-24)8-14-4-5-15(20)9-18(14)25/h4-5,8-10,12H,6-7,11H2,1-3H3,(H,22,26). The summed E-state index contributed by atoms with van der Waals surface area (Å²) < 4.78 is 4.07. The zero-order chi connectivity index (χ0) is 18.4. The molecule has 1 aliphatic rings. The number of benzene rings is 1. The number of rotatable bonds is 2. The number of carbonyl (C=O) groups excluding carboxylic acids is 1.